The monoisotopic (exact) mass is 416 g/mol. The van der Waals surface area contributed by atoms with E-state index in [9.17, 15) is 0 Å². The zero-order chi connectivity index (χ0) is 14.8. The fourth-order valence-corrected chi connectivity index (χ4v) is 2.71. The van der Waals surface area contributed by atoms with Gasteiger partial charge < -0.3 is 15.5 Å². The van der Waals surface area contributed by atoms with Crippen LogP contribution >= 0.6 is 24.0 Å². The van der Waals surface area contributed by atoms with E-state index in [0.29, 0.717) is 0 Å². The number of halogens is 1. The molecule has 1 aliphatic rings. The molecule has 0 radical (unpaired) electrons. The first-order valence-electron chi connectivity index (χ1n) is 8.09. The Hall–Kier alpha value is -0.820. The third-order valence-electron chi connectivity index (χ3n) is 3.94. The van der Waals surface area contributed by atoms with Gasteiger partial charge in [0.2, 0.25) is 0 Å². The molecule has 1 aromatic carbocycles. The van der Waals surface area contributed by atoms with Gasteiger partial charge in [-0.25, -0.2) is 0 Å². The van der Waals surface area contributed by atoms with Crippen molar-refractivity contribution in [2.75, 3.05) is 39.8 Å². The Morgan fingerprint density at radius 1 is 1.05 bits per heavy atom. The maximum atomic E-state index is 4.28. The van der Waals surface area contributed by atoms with Crippen molar-refractivity contribution in [1.82, 2.24) is 15.5 Å². The Kier molecular flexibility index (Phi) is 10.2. The highest BCUT2D eigenvalue weighted by atomic mass is 127. The molecule has 5 heteroatoms. The summed E-state index contributed by atoms with van der Waals surface area (Å²) >= 11 is 0. The molecule has 0 aromatic heterocycles. The normalized spacial score (nSPS) is 16.0. The van der Waals surface area contributed by atoms with E-state index in [4.69, 9.17) is 0 Å². The van der Waals surface area contributed by atoms with Crippen LogP contribution in [0.2, 0.25) is 0 Å². The average molecular weight is 416 g/mol. The quantitative estimate of drug-likeness (QED) is 0.425. The van der Waals surface area contributed by atoms with Crippen molar-refractivity contribution in [3.8, 4) is 0 Å². The number of piperidine rings is 1. The number of nitrogens with one attached hydrogen (secondary N) is 2. The third-order valence-corrected chi connectivity index (χ3v) is 3.94. The van der Waals surface area contributed by atoms with Gasteiger partial charge in [-0.15, -0.1) is 24.0 Å². The second-order valence-electron chi connectivity index (χ2n) is 5.56. The Balaban J connectivity index is 0.00000242. The summed E-state index contributed by atoms with van der Waals surface area (Å²) in [5.41, 5.74) is 1.36. The van der Waals surface area contributed by atoms with Crippen LogP contribution in [0.25, 0.3) is 0 Å². The van der Waals surface area contributed by atoms with E-state index in [1.807, 2.05) is 7.05 Å². The van der Waals surface area contributed by atoms with E-state index in [1.54, 1.807) is 0 Å². The van der Waals surface area contributed by atoms with Crippen LogP contribution < -0.4 is 10.6 Å². The molecule has 0 unspecified atom stereocenters. The van der Waals surface area contributed by atoms with E-state index in [2.05, 4.69) is 50.9 Å². The average Bonchev–Trinajstić information content (AvgIpc) is 2.55. The zero-order valence-electron chi connectivity index (χ0n) is 13.6. The van der Waals surface area contributed by atoms with E-state index in [-0.39, 0.29) is 24.0 Å². The highest BCUT2D eigenvalue weighted by Gasteiger charge is 2.09. The molecular formula is C17H29IN4. The van der Waals surface area contributed by atoms with E-state index >= 15 is 0 Å². The van der Waals surface area contributed by atoms with Gasteiger partial charge in [-0.2, -0.15) is 0 Å². The first-order chi connectivity index (χ1) is 10.4. The fourth-order valence-electron chi connectivity index (χ4n) is 2.71. The van der Waals surface area contributed by atoms with Gasteiger partial charge >= 0.3 is 0 Å². The predicted molar refractivity (Wildman–Crippen MR) is 105 cm³/mol. The molecule has 0 aliphatic carbocycles. The molecule has 1 fully saturated rings. The van der Waals surface area contributed by atoms with E-state index in [0.717, 1.165) is 32.0 Å². The highest BCUT2D eigenvalue weighted by molar-refractivity contribution is 14.0. The zero-order valence-corrected chi connectivity index (χ0v) is 15.9. The summed E-state index contributed by atoms with van der Waals surface area (Å²) in [6.07, 6.45) is 5.12. The third kappa shape index (κ3) is 7.45. The number of guanidine groups is 1. The summed E-state index contributed by atoms with van der Waals surface area (Å²) in [5, 5.41) is 6.78. The first-order valence-corrected chi connectivity index (χ1v) is 8.09. The van der Waals surface area contributed by atoms with Gasteiger partial charge in [0.25, 0.3) is 0 Å². The molecule has 1 aliphatic heterocycles. The fraction of sp³-hybridized carbons (Fsp3) is 0.588. The van der Waals surface area contributed by atoms with Crippen molar-refractivity contribution in [3.05, 3.63) is 35.9 Å². The number of hydrogen-bond donors (Lipinski definition) is 2. The lowest BCUT2D eigenvalue weighted by atomic mass is 10.1. The summed E-state index contributed by atoms with van der Waals surface area (Å²) in [4.78, 5) is 6.81. The van der Waals surface area contributed by atoms with E-state index < -0.39 is 0 Å². The van der Waals surface area contributed by atoms with Crippen molar-refractivity contribution >= 4 is 29.9 Å². The van der Waals surface area contributed by atoms with Crippen LogP contribution in [0.15, 0.2) is 35.3 Å². The van der Waals surface area contributed by atoms with Crippen molar-refractivity contribution in [2.24, 2.45) is 4.99 Å². The minimum atomic E-state index is 0. The largest absolute Gasteiger partial charge is 0.356 e. The van der Waals surface area contributed by atoms with Crippen LogP contribution in [0.1, 0.15) is 24.8 Å². The maximum Gasteiger partial charge on any atom is 0.191 e. The van der Waals surface area contributed by atoms with Gasteiger partial charge in [-0.1, -0.05) is 36.8 Å². The van der Waals surface area contributed by atoms with Gasteiger partial charge in [-0.05, 0) is 37.9 Å². The number of rotatable bonds is 6. The highest BCUT2D eigenvalue weighted by Crippen LogP contribution is 2.07. The number of likely N-dealkylation sites (tertiary alicyclic amines) is 1. The summed E-state index contributed by atoms with van der Waals surface area (Å²) < 4.78 is 0. The molecule has 0 atom stereocenters. The molecule has 1 saturated heterocycles. The van der Waals surface area contributed by atoms with Crippen LogP contribution in [-0.2, 0) is 6.42 Å². The topological polar surface area (TPSA) is 39.7 Å². The van der Waals surface area contributed by atoms with Gasteiger partial charge in [0.05, 0.1) is 0 Å². The van der Waals surface area contributed by atoms with Crippen LogP contribution in [0, 0.1) is 0 Å². The molecule has 1 aromatic rings. The van der Waals surface area contributed by atoms with Gasteiger partial charge in [-0.3, -0.25) is 4.99 Å². The maximum absolute atomic E-state index is 4.28. The Bertz CT molecular complexity index is 416. The molecule has 0 amide bonds. The van der Waals surface area contributed by atoms with Crippen LogP contribution in [0.4, 0.5) is 0 Å². The van der Waals surface area contributed by atoms with Gasteiger partial charge in [0.15, 0.2) is 5.96 Å². The number of aliphatic imine (C=N–C) groups is 1. The van der Waals surface area contributed by atoms with Gasteiger partial charge in [0.1, 0.15) is 0 Å². The lowest BCUT2D eigenvalue weighted by Gasteiger charge is -2.26. The smallest absolute Gasteiger partial charge is 0.191 e. The number of benzene rings is 1. The molecule has 0 saturated carbocycles. The Labute approximate surface area is 151 Å². The lowest BCUT2D eigenvalue weighted by Crippen LogP contribution is -2.43. The summed E-state index contributed by atoms with van der Waals surface area (Å²) in [7, 11) is 1.83. The molecule has 1 heterocycles. The van der Waals surface area contributed by atoms with E-state index in [1.165, 1.54) is 37.9 Å². The number of nitrogens with zero attached hydrogens (tertiary/aromatic N) is 2. The molecule has 2 rings (SSSR count). The second-order valence-corrected chi connectivity index (χ2v) is 5.56. The van der Waals surface area contributed by atoms with Crippen molar-refractivity contribution < 1.29 is 0 Å². The molecule has 4 nitrogen and oxygen atoms in total. The Morgan fingerprint density at radius 3 is 2.41 bits per heavy atom. The minimum absolute atomic E-state index is 0. The van der Waals surface area contributed by atoms with Crippen molar-refractivity contribution in [1.29, 1.82) is 0 Å². The summed E-state index contributed by atoms with van der Waals surface area (Å²) in [6.45, 7) is 5.49. The van der Waals surface area contributed by atoms with Crippen LogP contribution in [0.3, 0.4) is 0 Å². The number of hydrogen-bond acceptors (Lipinski definition) is 2. The molecule has 22 heavy (non-hydrogen) atoms. The molecule has 0 spiro atoms. The second kappa shape index (κ2) is 11.7. The van der Waals surface area contributed by atoms with Gasteiger partial charge in [0, 0.05) is 26.7 Å². The lowest BCUT2D eigenvalue weighted by molar-refractivity contribution is 0.232. The summed E-state index contributed by atoms with van der Waals surface area (Å²) in [6, 6.07) is 10.5. The molecule has 0 bridgehead atoms. The SMILES string of the molecule is CN=C(NCCc1ccccc1)NCCN1CCCCC1.I. The van der Waals surface area contributed by atoms with Crippen molar-refractivity contribution in [2.45, 2.75) is 25.7 Å². The Morgan fingerprint density at radius 2 is 1.73 bits per heavy atom. The predicted octanol–water partition coefficient (Wildman–Crippen LogP) is 2.50. The van der Waals surface area contributed by atoms with Crippen LogP contribution in [0.5, 0.6) is 0 Å². The molecular weight excluding hydrogens is 387 g/mol. The van der Waals surface area contributed by atoms with Crippen molar-refractivity contribution in [3.63, 3.8) is 0 Å². The molecule has 2 N–H and O–H groups in total. The minimum Gasteiger partial charge on any atom is -0.356 e. The molecule has 124 valence electrons. The standard InChI is InChI=1S/C17H28N4.HI/c1-18-17(19-11-10-16-8-4-2-5-9-16)20-12-15-21-13-6-3-7-14-21;/h2,4-5,8-9H,3,6-7,10-15H2,1H3,(H2,18,19,20);1H. The first kappa shape index (κ1) is 19.2. The summed E-state index contributed by atoms with van der Waals surface area (Å²) in [5.74, 6) is 0.906. The van der Waals surface area contributed by atoms with Crippen LogP contribution in [-0.4, -0.2) is 50.6 Å².